The number of aryl methyl sites for hydroxylation is 1. The Morgan fingerprint density at radius 1 is 1.27 bits per heavy atom. The van der Waals surface area contributed by atoms with Gasteiger partial charge in [-0.15, -0.1) is 0 Å². The van der Waals surface area contributed by atoms with Crippen LogP contribution in [-0.2, 0) is 6.54 Å². The van der Waals surface area contributed by atoms with Gasteiger partial charge in [0.15, 0.2) is 0 Å². The molecule has 0 fully saturated rings. The van der Waals surface area contributed by atoms with Crippen molar-refractivity contribution in [1.29, 1.82) is 0 Å². The van der Waals surface area contributed by atoms with Crippen LogP contribution in [0, 0.1) is 6.92 Å². The summed E-state index contributed by atoms with van der Waals surface area (Å²) in [5, 5.41) is 6.48. The number of rotatable bonds is 3. The fourth-order valence-corrected chi connectivity index (χ4v) is 2.98. The summed E-state index contributed by atoms with van der Waals surface area (Å²) in [6.07, 6.45) is 0. The lowest BCUT2D eigenvalue weighted by molar-refractivity contribution is 0.0934. The summed E-state index contributed by atoms with van der Waals surface area (Å²) < 4.78 is 5.18. The fraction of sp³-hybridized carbons (Fsp3) is 0.278. The first kappa shape index (κ1) is 14.6. The highest BCUT2D eigenvalue weighted by atomic mass is 16.5. The smallest absolute Gasteiger partial charge is 0.251 e. The lowest BCUT2D eigenvalue weighted by Gasteiger charge is -2.29. The molecule has 2 aromatic rings. The van der Waals surface area contributed by atoms with Gasteiger partial charge in [0.2, 0.25) is 0 Å². The van der Waals surface area contributed by atoms with E-state index in [9.17, 15) is 4.79 Å². The largest absolute Gasteiger partial charge is 0.497 e. The topological polar surface area (TPSA) is 50.4 Å². The summed E-state index contributed by atoms with van der Waals surface area (Å²) >= 11 is 0. The van der Waals surface area contributed by atoms with Crippen molar-refractivity contribution in [2.24, 2.45) is 0 Å². The molecule has 0 spiro atoms. The van der Waals surface area contributed by atoms with E-state index < -0.39 is 0 Å². The predicted molar refractivity (Wildman–Crippen MR) is 86.1 cm³/mol. The Morgan fingerprint density at radius 3 is 2.91 bits per heavy atom. The zero-order valence-corrected chi connectivity index (χ0v) is 12.8. The molecular formula is C18H20N2O2. The summed E-state index contributed by atoms with van der Waals surface area (Å²) in [4.78, 5) is 12.5. The minimum absolute atomic E-state index is 0.0105. The summed E-state index contributed by atoms with van der Waals surface area (Å²) in [6.45, 7) is 3.69. The molecule has 1 aliphatic rings. The van der Waals surface area contributed by atoms with Crippen LogP contribution in [-0.4, -0.2) is 19.6 Å². The van der Waals surface area contributed by atoms with Crippen molar-refractivity contribution in [1.82, 2.24) is 10.6 Å². The van der Waals surface area contributed by atoms with E-state index in [-0.39, 0.29) is 11.9 Å². The number of carbonyl (C=O) groups is 1. The molecule has 0 aliphatic carbocycles. The molecule has 2 aromatic carbocycles. The summed E-state index contributed by atoms with van der Waals surface area (Å²) in [6, 6.07) is 13.5. The van der Waals surface area contributed by atoms with E-state index in [4.69, 9.17) is 4.74 Å². The van der Waals surface area contributed by atoms with Crippen molar-refractivity contribution in [2.45, 2.75) is 19.5 Å². The van der Waals surface area contributed by atoms with Gasteiger partial charge in [0.05, 0.1) is 13.2 Å². The number of hydrogen-bond acceptors (Lipinski definition) is 3. The number of benzene rings is 2. The van der Waals surface area contributed by atoms with E-state index in [2.05, 4.69) is 35.8 Å². The maximum absolute atomic E-state index is 12.5. The zero-order chi connectivity index (χ0) is 15.5. The van der Waals surface area contributed by atoms with Gasteiger partial charge in [-0.05, 0) is 41.8 Å². The van der Waals surface area contributed by atoms with Crippen LogP contribution in [0.1, 0.15) is 33.1 Å². The summed E-state index contributed by atoms with van der Waals surface area (Å²) in [7, 11) is 1.60. The summed E-state index contributed by atoms with van der Waals surface area (Å²) in [5.41, 5.74) is 4.31. The second-order valence-corrected chi connectivity index (χ2v) is 5.54. The molecular weight excluding hydrogens is 276 g/mol. The minimum Gasteiger partial charge on any atom is -0.497 e. The van der Waals surface area contributed by atoms with E-state index in [0.717, 1.165) is 13.1 Å². The van der Waals surface area contributed by atoms with Crippen molar-refractivity contribution < 1.29 is 9.53 Å². The quantitative estimate of drug-likeness (QED) is 0.915. The van der Waals surface area contributed by atoms with E-state index in [1.54, 1.807) is 19.2 Å². The number of hydrogen-bond donors (Lipinski definition) is 2. The van der Waals surface area contributed by atoms with Crippen LogP contribution >= 0.6 is 0 Å². The van der Waals surface area contributed by atoms with Crippen molar-refractivity contribution in [3.63, 3.8) is 0 Å². The molecule has 114 valence electrons. The first-order valence-electron chi connectivity index (χ1n) is 7.43. The fourth-order valence-electron chi connectivity index (χ4n) is 2.98. The molecule has 1 atom stereocenters. The Kier molecular flexibility index (Phi) is 4.11. The van der Waals surface area contributed by atoms with Crippen LogP contribution in [0.5, 0.6) is 5.75 Å². The van der Waals surface area contributed by atoms with Gasteiger partial charge in [-0.1, -0.05) is 24.3 Å². The van der Waals surface area contributed by atoms with Gasteiger partial charge < -0.3 is 15.4 Å². The van der Waals surface area contributed by atoms with Gasteiger partial charge in [0.1, 0.15) is 5.75 Å². The van der Waals surface area contributed by atoms with E-state index >= 15 is 0 Å². The van der Waals surface area contributed by atoms with E-state index in [0.29, 0.717) is 11.3 Å². The molecule has 2 N–H and O–H groups in total. The van der Waals surface area contributed by atoms with E-state index in [1.807, 2.05) is 12.1 Å². The Bertz CT molecular complexity index is 697. The highest BCUT2D eigenvalue weighted by Crippen LogP contribution is 2.26. The predicted octanol–water partition coefficient (Wildman–Crippen LogP) is 2.58. The average Bonchev–Trinajstić information content (AvgIpc) is 2.55. The highest BCUT2D eigenvalue weighted by molar-refractivity contribution is 5.94. The van der Waals surface area contributed by atoms with Crippen molar-refractivity contribution >= 4 is 5.91 Å². The van der Waals surface area contributed by atoms with Crippen molar-refractivity contribution in [3.05, 3.63) is 64.7 Å². The maximum Gasteiger partial charge on any atom is 0.251 e. The number of carbonyl (C=O) groups excluding carboxylic acids is 1. The van der Waals surface area contributed by atoms with Crippen molar-refractivity contribution in [3.8, 4) is 5.75 Å². The standard InChI is InChI=1S/C18H20N2O2/c1-12-5-3-7-14-10-19-11-16(17(12)14)20-18(21)13-6-4-8-15(9-13)22-2/h3-9,16,19H,10-11H2,1-2H3,(H,20,21). The SMILES string of the molecule is COc1cccc(C(=O)NC2CNCc3cccc(C)c32)c1. The Balaban J connectivity index is 1.84. The van der Waals surface area contributed by atoms with Gasteiger partial charge in [-0.25, -0.2) is 0 Å². The molecule has 0 saturated carbocycles. The molecule has 0 aromatic heterocycles. The zero-order valence-electron chi connectivity index (χ0n) is 12.8. The monoisotopic (exact) mass is 296 g/mol. The molecule has 4 nitrogen and oxygen atoms in total. The lowest BCUT2D eigenvalue weighted by Crippen LogP contribution is -2.39. The maximum atomic E-state index is 12.5. The first-order chi connectivity index (χ1) is 10.7. The number of ether oxygens (including phenoxy) is 1. The van der Waals surface area contributed by atoms with Gasteiger partial charge in [0.25, 0.3) is 5.91 Å². The number of fused-ring (bicyclic) bond motifs is 1. The molecule has 0 radical (unpaired) electrons. The summed E-state index contributed by atoms with van der Waals surface area (Å²) in [5.74, 6) is 0.604. The second kappa shape index (κ2) is 6.20. The molecule has 1 unspecified atom stereocenters. The van der Waals surface area contributed by atoms with Crippen molar-refractivity contribution in [2.75, 3.05) is 13.7 Å². The number of nitrogens with one attached hydrogen (secondary N) is 2. The van der Waals surface area contributed by atoms with Gasteiger partial charge >= 0.3 is 0 Å². The molecule has 0 bridgehead atoms. The molecule has 1 heterocycles. The average molecular weight is 296 g/mol. The Labute approximate surface area is 130 Å². The molecule has 1 aliphatic heterocycles. The van der Waals surface area contributed by atoms with Crippen LogP contribution in [0.3, 0.4) is 0 Å². The number of amides is 1. The number of methoxy groups -OCH3 is 1. The van der Waals surface area contributed by atoms with Gasteiger partial charge in [-0.2, -0.15) is 0 Å². The third-order valence-electron chi connectivity index (χ3n) is 4.06. The Hall–Kier alpha value is -2.33. The molecule has 22 heavy (non-hydrogen) atoms. The second-order valence-electron chi connectivity index (χ2n) is 5.54. The molecule has 3 rings (SSSR count). The third kappa shape index (κ3) is 2.83. The lowest BCUT2D eigenvalue weighted by atomic mass is 9.92. The van der Waals surface area contributed by atoms with Crippen LogP contribution in [0.25, 0.3) is 0 Å². The molecule has 1 amide bonds. The van der Waals surface area contributed by atoms with Gasteiger partial charge in [-0.3, -0.25) is 4.79 Å². The normalized spacial score (nSPS) is 16.7. The van der Waals surface area contributed by atoms with Gasteiger partial charge in [0, 0.05) is 18.7 Å². The first-order valence-corrected chi connectivity index (χ1v) is 7.43. The minimum atomic E-state index is -0.0817. The van der Waals surface area contributed by atoms with Crippen LogP contribution in [0.4, 0.5) is 0 Å². The third-order valence-corrected chi connectivity index (χ3v) is 4.06. The highest BCUT2D eigenvalue weighted by Gasteiger charge is 2.23. The van der Waals surface area contributed by atoms with E-state index in [1.165, 1.54) is 16.7 Å². The van der Waals surface area contributed by atoms with Crippen LogP contribution in [0.2, 0.25) is 0 Å². The molecule has 0 saturated heterocycles. The molecule has 4 heteroatoms. The Morgan fingerprint density at radius 2 is 2.09 bits per heavy atom. The van der Waals surface area contributed by atoms with Crippen LogP contribution < -0.4 is 15.4 Å². The van der Waals surface area contributed by atoms with Crippen LogP contribution in [0.15, 0.2) is 42.5 Å².